The lowest BCUT2D eigenvalue weighted by Crippen LogP contribution is -2.47. The van der Waals surface area contributed by atoms with Crippen molar-refractivity contribution in [2.75, 3.05) is 19.6 Å². The van der Waals surface area contributed by atoms with E-state index < -0.39 is 0 Å². The molecule has 1 fully saturated rings. The van der Waals surface area contributed by atoms with Crippen LogP contribution in [0.4, 0.5) is 4.39 Å². The van der Waals surface area contributed by atoms with Gasteiger partial charge in [-0.15, -0.1) is 0 Å². The van der Waals surface area contributed by atoms with Gasteiger partial charge in [-0.2, -0.15) is 0 Å². The van der Waals surface area contributed by atoms with E-state index in [4.69, 9.17) is 0 Å². The highest BCUT2D eigenvalue weighted by molar-refractivity contribution is 5.93. The molecule has 1 aliphatic rings. The van der Waals surface area contributed by atoms with Crippen LogP contribution in [0.15, 0.2) is 36.8 Å². The van der Waals surface area contributed by atoms with Crippen LogP contribution < -0.4 is 5.32 Å². The van der Waals surface area contributed by atoms with Gasteiger partial charge in [0, 0.05) is 31.4 Å². The summed E-state index contributed by atoms with van der Waals surface area (Å²) < 4.78 is 14.8. The van der Waals surface area contributed by atoms with Crippen LogP contribution in [0.3, 0.4) is 0 Å². The van der Waals surface area contributed by atoms with Crippen molar-refractivity contribution >= 4 is 5.91 Å². The molecule has 1 aliphatic heterocycles. The second-order valence-corrected chi connectivity index (χ2v) is 7.66. The highest BCUT2D eigenvalue weighted by atomic mass is 19.1. The Balaban J connectivity index is 1.63. The van der Waals surface area contributed by atoms with E-state index in [1.54, 1.807) is 23.0 Å². The second kappa shape index (κ2) is 7.99. The van der Waals surface area contributed by atoms with E-state index in [0.717, 1.165) is 19.6 Å². The lowest BCUT2D eigenvalue weighted by Gasteiger charge is -2.36. The van der Waals surface area contributed by atoms with Crippen molar-refractivity contribution in [3.8, 4) is 5.69 Å². The number of benzene rings is 1. The molecule has 26 heavy (non-hydrogen) atoms. The van der Waals surface area contributed by atoms with Crippen molar-refractivity contribution in [1.82, 2.24) is 19.8 Å². The number of imidazole rings is 1. The molecule has 6 heteroatoms. The van der Waals surface area contributed by atoms with Crippen LogP contribution in [0.5, 0.6) is 0 Å². The molecule has 2 heterocycles. The van der Waals surface area contributed by atoms with E-state index in [0.29, 0.717) is 23.2 Å². The normalized spacial score (nSPS) is 22.2. The molecule has 0 saturated carbocycles. The Hall–Kier alpha value is -2.21. The summed E-state index contributed by atoms with van der Waals surface area (Å²) in [6, 6.07) is 6.05. The maximum absolute atomic E-state index is 13.1. The number of hydrogen-bond donors (Lipinski definition) is 1. The number of nitrogens with zero attached hydrogens (tertiary/aromatic N) is 3. The number of hydrogen-bond acceptors (Lipinski definition) is 3. The third-order valence-electron chi connectivity index (χ3n) is 4.83. The van der Waals surface area contributed by atoms with Crippen LogP contribution in [0.25, 0.3) is 5.69 Å². The minimum absolute atomic E-state index is 0.0385. The summed E-state index contributed by atoms with van der Waals surface area (Å²) in [5.74, 6) is 0.916. The predicted octanol–water partition coefficient (Wildman–Crippen LogP) is 3.11. The van der Waals surface area contributed by atoms with Crippen molar-refractivity contribution in [2.24, 2.45) is 11.8 Å². The van der Waals surface area contributed by atoms with Gasteiger partial charge >= 0.3 is 0 Å². The molecule has 0 radical (unpaired) electrons. The Morgan fingerprint density at radius 2 is 1.92 bits per heavy atom. The van der Waals surface area contributed by atoms with Crippen molar-refractivity contribution in [3.63, 3.8) is 0 Å². The van der Waals surface area contributed by atoms with Crippen molar-refractivity contribution in [2.45, 2.75) is 33.2 Å². The number of carbonyl (C=O) groups excluding carboxylic acids is 1. The number of likely N-dealkylation sites (tertiary alicyclic amines) is 1. The summed E-state index contributed by atoms with van der Waals surface area (Å²) in [5.41, 5.74) is 1.16. The Morgan fingerprint density at radius 3 is 2.58 bits per heavy atom. The molecule has 2 aromatic rings. The fourth-order valence-electron chi connectivity index (χ4n) is 3.94. The van der Waals surface area contributed by atoms with Gasteiger partial charge in [-0.05, 0) is 49.4 Å². The van der Waals surface area contributed by atoms with Crippen LogP contribution in [-0.4, -0.2) is 46.0 Å². The Bertz CT molecular complexity index is 733. The zero-order valence-corrected chi connectivity index (χ0v) is 15.7. The number of rotatable bonds is 5. The zero-order valence-electron chi connectivity index (χ0n) is 15.7. The van der Waals surface area contributed by atoms with E-state index in [9.17, 15) is 9.18 Å². The van der Waals surface area contributed by atoms with E-state index in [1.165, 1.54) is 24.8 Å². The predicted molar refractivity (Wildman–Crippen MR) is 99.8 cm³/mol. The minimum Gasteiger partial charge on any atom is -0.347 e. The molecule has 1 aromatic carbocycles. The molecule has 1 N–H and O–H groups in total. The summed E-state index contributed by atoms with van der Waals surface area (Å²) >= 11 is 0. The number of amides is 1. The number of halogens is 1. The van der Waals surface area contributed by atoms with Crippen LogP contribution >= 0.6 is 0 Å². The SMILES string of the molecule is CC1CC(C)CN(CC(C)NC(=O)c2cncn2-c2ccc(F)cc2)C1. The highest BCUT2D eigenvalue weighted by Crippen LogP contribution is 2.21. The van der Waals surface area contributed by atoms with Crippen LogP contribution in [0.1, 0.15) is 37.7 Å². The van der Waals surface area contributed by atoms with Crippen LogP contribution in [0.2, 0.25) is 0 Å². The summed E-state index contributed by atoms with van der Waals surface area (Å²) in [4.78, 5) is 19.2. The number of nitrogens with one attached hydrogen (secondary N) is 1. The highest BCUT2D eigenvalue weighted by Gasteiger charge is 2.24. The standard InChI is InChI=1S/C20H27FN4O/c1-14-8-15(2)11-24(10-14)12-16(3)23-20(26)19-9-22-13-25(19)18-6-4-17(21)5-7-18/h4-7,9,13-16H,8,10-12H2,1-3H3,(H,23,26). The number of carbonyl (C=O) groups is 1. The molecular formula is C20H27FN4O. The lowest BCUT2D eigenvalue weighted by molar-refractivity contribution is 0.0898. The fourth-order valence-corrected chi connectivity index (χ4v) is 3.94. The first kappa shape index (κ1) is 18.6. The van der Waals surface area contributed by atoms with E-state index in [1.807, 2.05) is 6.92 Å². The Labute approximate surface area is 154 Å². The molecule has 1 amide bonds. The molecule has 1 aromatic heterocycles. The van der Waals surface area contributed by atoms with Crippen molar-refractivity contribution < 1.29 is 9.18 Å². The minimum atomic E-state index is -0.307. The molecule has 3 unspecified atom stereocenters. The van der Waals surface area contributed by atoms with E-state index >= 15 is 0 Å². The lowest BCUT2D eigenvalue weighted by atomic mass is 9.92. The Morgan fingerprint density at radius 1 is 1.27 bits per heavy atom. The average molecular weight is 358 g/mol. The molecule has 1 saturated heterocycles. The van der Waals surface area contributed by atoms with Gasteiger partial charge in [0.25, 0.3) is 5.91 Å². The van der Waals surface area contributed by atoms with Crippen LogP contribution in [-0.2, 0) is 0 Å². The maximum atomic E-state index is 13.1. The largest absolute Gasteiger partial charge is 0.347 e. The summed E-state index contributed by atoms with van der Waals surface area (Å²) in [6.07, 6.45) is 4.38. The summed E-state index contributed by atoms with van der Waals surface area (Å²) in [6.45, 7) is 9.60. The number of aromatic nitrogens is 2. The molecule has 5 nitrogen and oxygen atoms in total. The second-order valence-electron chi connectivity index (χ2n) is 7.66. The average Bonchev–Trinajstić information content (AvgIpc) is 3.04. The van der Waals surface area contributed by atoms with E-state index in [-0.39, 0.29) is 17.8 Å². The third kappa shape index (κ3) is 4.49. The smallest absolute Gasteiger partial charge is 0.270 e. The summed E-state index contributed by atoms with van der Waals surface area (Å²) in [5, 5.41) is 3.07. The Kier molecular flexibility index (Phi) is 5.71. The van der Waals surface area contributed by atoms with Gasteiger partial charge < -0.3 is 10.2 Å². The van der Waals surface area contributed by atoms with Gasteiger partial charge in [-0.1, -0.05) is 13.8 Å². The molecule has 0 aliphatic carbocycles. The zero-order chi connectivity index (χ0) is 18.7. The van der Waals surface area contributed by atoms with Crippen molar-refractivity contribution in [3.05, 3.63) is 48.3 Å². The maximum Gasteiger partial charge on any atom is 0.270 e. The number of piperidine rings is 1. The topological polar surface area (TPSA) is 50.2 Å². The van der Waals surface area contributed by atoms with Crippen LogP contribution in [0, 0.1) is 17.7 Å². The monoisotopic (exact) mass is 358 g/mol. The molecule has 140 valence electrons. The van der Waals surface area contributed by atoms with Gasteiger partial charge in [0.05, 0.1) is 12.5 Å². The molecule has 3 atom stereocenters. The first-order valence-electron chi connectivity index (χ1n) is 9.24. The summed E-state index contributed by atoms with van der Waals surface area (Å²) in [7, 11) is 0. The molecule has 0 bridgehead atoms. The van der Waals surface area contributed by atoms with Gasteiger partial charge in [0.15, 0.2) is 0 Å². The first-order chi connectivity index (χ1) is 12.4. The molecular weight excluding hydrogens is 331 g/mol. The van der Waals surface area contributed by atoms with E-state index in [2.05, 4.69) is 29.0 Å². The van der Waals surface area contributed by atoms with Gasteiger partial charge in [-0.25, -0.2) is 9.37 Å². The van der Waals surface area contributed by atoms with Crippen molar-refractivity contribution in [1.29, 1.82) is 0 Å². The fraction of sp³-hybridized carbons (Fsp3) is 0.500. The third-order valence-corrected chi connectivity index (χ3v) is 4.83. The quantitative estimate of drug-likeness (QED) is 0.893. The van der Waals surface area contributed by atoms with Gasteiger partial charge in [-0.3, -0.25) is 9.36 Å². The molecule has 3 rings (SSSR count). The first-order valence-corrected chi connectivity index (χ1v) is 9.24. The van der Waals surface area contributed by atoms with Gasteiger partial charge in [0.1, 0.15) is 11.5 Å². The molecule has 0 spiro atoms. The van der Waals surface area contributed by atoms with Gasteiger partial charge in [0.2, 0.25) is 0 Å².